The van der Waals surface area contributed by atoms with Gasteiger partial charge in [0, 0.05) is 19.3 Å². The van der Waals surface area contributed by atoms with Crippen LogP contribution < -0.4 is 0 Å². The first-order chi connectivity index (χ1) is 29.2. The van der Waals surface area contributed by atoms with E-state index in [-0.39, 0.29) is 31.1 Å². The number of carbonyl (C=O) groups is 3. The maximum atomic E-state index is 12.8. The van der Waals surface area contributed by atoms with E-state index in [1.165, 1.54) is 173 Å². The molecular weight excluding hydrogens is 745 g/mol. The van der Waals surface area contributed by atoms with Crippen LogP contribution in [0.3, 0.4) is 0 Å². The maximum Gasteiger partial charge on any atom is 0.306 e. The number of esters is 3. The van der Waals surface area contributed by atoms with Crippen molar-refractivity contribution in [3.63, 3.8) is 0 Å². The van der Waals surface area contributed by atoms with Crippen LogP contribution in [0, 0.1) is 17.8 Å². The summed E-state index contributed by atoms with van der Waals surface area (Å²) in [5.74, 6) is 1.67. The number of hydrogen-bond donors (Lipinski definition) is 0. The highest BCUT2D eigenvalue weighted by Crippen LogP contribution is 2.18. The molecule has 0 radical (unpaired) electrons. The first-order valence-electron chi connectivity index (χ1n) is 26.7. The molecule has 2 unspecified atom stereocenters. The molecule has 0 amide bonds. The predicted molar refractivity (Wildman–Crippen MR) is 256 cm³/mol. The predicted octanol–water partition coefficient (Wildman–Crippen LogP) is 17.2. The number of unbranched alkanes of at least 4 members (excludes halogenated alkanes) is 28. The lowest BCUT2D eigenvalue weighted by molar-refractivity contribution is -0.167. The van der Waals surface area contributed by atoms with Gasteiger partial charge in [-0.25, -0.2) is 0 Å². The minimum atomic E-state index is -0.763. The van der Waals surface area contributed by atoms with Crippen LogP contribution in [0.15, 0.2) is 0 Å². The molecule has 6 heteroatoms. The summed E-state index contributed by atoms with van der Waals surface area (Å²) in [5.41, 5.74) is 0. The molecule has 0 rings (SSSR count). The number of hydrogen-bond acceptors (Lipinski definition) is 6. The fourth-order valence-electron chi connectivity index (χ4n) is 8.05. The van der Waals surface area contributed by atoms with Crippen molar-refractivity contribution in [2.24, 2.45) is 17.8 Å². The van der Waals surface area contributed by atoms with Crippen molar-refractivity contribution in [1.82, 2.24) is 0 Å². The van der Waals surface area contributed by atoms with Crippen molar-refractivity contribution in [2.75, 3.05) is 13.2 Å². The Kier molecular flexibility index (Phi) is 44.2. The number of ether oxygens (including phenoxy) is 3. The minimum Gasteiger partial charge on any atom is -0.462 e. The average Bonchev–Trinajstić information content (AvgIpc) is 3.23. The van der Waals surface area contributed by atoms with Crippen LogP contribution >= 0.6 is 0 Å². The van der Waals surface area contributed by atoms with Gasteiger partial charge in [0.05, 0.1) is 0 Å². The van der Waals surface area contributed by atoms with Crippen LogP contribution in [0.25, 0.3) is 0 Å². The molecule has 0 saturated carbocycles. The maximum absolute atomic E-state index is 12.8. The van der Waals surface area contributed by atoms with Crippen LogP contribution in [-0.2, 0) is 28.6 Å². The van der Waals surface area contributed by atoms with E-state index in [2.05, 4.69) is 41.5 Å². The molecule has 0 aromatic heterocycles. The molecule has 0 aromatic carbocycles. The molecule has 0 heterocycles. The van der Waals surface area contributed by atoms with Crippen LogP contribution in [-0.4, -0.2) is 37.2 Å². The third-order valence-corrected chi connectivity index (χ3v) is 12.9. The third kappa shape index (κ3) is 44.5. The molecule has 0 N–H and O–H groups in total. The summed E-state index contributed by atoms with van der Waals surface area (Å²) in [5, 5.41) is 0. The zero-order valence-electron chi connectivity index (χ0n) is 41.3. The van der Waals surface area contributed by atoms with Gasteiger partial charge in [-0.3, -0.25) is 14.4 Å². The summed E-state index contributed by atoms with van der Waals surface area (Å²) in [6.07, 6.45) is 45.2. The zero-order chi connectivity index (χ0) is 44.2. The normalized spacial score (nSPS) is 13.1. The lowest BCUT2D eigenvalue weighted by atomic mass is 9.99. The van der Waals surface area contributed by atoms with Crippen molar-refractivity contribution in [3.05, 3.63) is 0 Å². The molecule has 356 valence electrons. The van der Waals surface area contributed by atoms with Crippen molar-refractivity contribution in [3.8, 4) is 0 Å². The van der Waals surface area contributed by atoms with Gasteiger partial charge in [0.15, 0.2) is 6.10 Å². The Morgan fingerprint density at radius 1 is 0.333 bits per heavy atom. The van der Waals surface area contributed by atoms with Crippen molar-refractivity contribution in [1.29, 1.82) is 0 Å². The van der Waals surface area contributed by atoms with E-state index >= 15 is 0 Å². The van der Waals surface area contributed by atoms with Gasteiger partial charge in [0.25, 0.3) is 0 Å². The molecule has 0 aromatic rings. The molecule has 0 fully saturated rings. The first-order valence-corrected chi connectivity index (χ1v) is 26.7. The van der Waals surface area contributed by atoms with Gasteiger partial charge >= 0.3 is 17.9 Å². The summed E-state index contributed by atoms with van der Waals surface area (Å²) >= 11 is 0. The monoisotopic (exact) mass is 849 g/mol. The Balaban J connectivity index is 4.26. The number of rotatable bonds is 47. The fourth-order valence-corrected chi connectivity index (χ4v) is 8.05. The van der Waals surface area contributed by atoms with Gasteiger partial charge in [0.2, 0.25) is 0 Å². The van der Waals surface area contributed by atoms with E-state index in [4.69, 9.17) is 14.2 Å². The summed E-state index contributed by atoms with van der Waals surface area (Å²) in [4.78, 5) is 38.0. The Morgan fingerprint density at radius 3 is 0.867 bits per heavy atom. The molecule has 0 saturated heterocycles. The van der Waals surface area contributed by atoms with Crippen molar-refractivity contribution < 1.29 is 28.6 Å². The quantitative estimate of drug-likeness (QED) is 0.0345. The van der Waals surface area contributed by atoms with Crippen molar-refractivity contribution >= 4 is 17.9 Å². The lowest BCUT2D eigenvalue weighted by Gasteiger charge is -2.18. The van der Waals surface area contributed by atoms with Gasteiger partial charge in [0.1, 0.15) is 13.2 Å². The fraction of sp³-hybridized carbons (Fsp3) is 0.944. The van der Waals surface area contributed by atoms with Gasteiger partial charge in [-0.2, -0.15) is 0 Å². The molecule has 60 heavy (non-hydrogen) atoms. The molecule has 0 aliphatic carbocycles. The van der Waals surface area contributed by atoms with Gasteiger partial charge in [-0.15, -0.1) is 0 Å². The average molecular weight is 849 g/mol. The van der Waals surface area contributed by atoms with Gasteiger partial charge in [-0.1, -0.05) is 253 Å². The smallest absolute Gasteiger partial charge is 0.306 e. The largest absolute Gasteiger partial charge is 0.462 e. The standard InChI is InChI=1S/C54H104O6/c1-7-49(5)41-35-29-23-19-16-17-21-25-32-38-44-53(56)59-47-51(60-54(57)45-39-33-27-26-30-36-42-50(6)8-2)46-58-52(55)43-37-31-24-20-15-13-11-9-10-12-14-18-22-28-34-40-48(3)4/h48-51H,7-47H2,1-6H3/t49?,50?,51-/m1/s1. The summed E-state index contributed by atoms with van der Waals surface area (Å²) in [6, 6.07) is 0. The highest BCUT2D eigenvalue weighted by Gasteiger charge is 2.19. The Hall–Kier alpha value is -1.59. The third-order valence-electron chi connectivity index (χ3n) is 12.9. The Labute approximate surface area is 374 Å². The molecule has 3 atom stereocenters. The van der Waals surface area contributed by atoms with E-state index in [9.17, 15) is 14.4 Å². The van der Waals surface area contributed by atoms with Crippen LogP contribution in [0.2, 0.25) is 0 Å². The van der Waals surface area contributed by atoms with Gasteiger partial charge in [-0.05, 0) is 37.0 Å². The summed E-state index contributed by atoms with van der Waals surface area (Å²) < 4.78 is 16.8. The van der Waals surface area contributed by atoms with E-state index < -0.39 is 6.10 Å². The SMILES string of the molecule is CCC(C)CCCCCCCCCCCCC(=O)OC[C@@H](COC(=O)CCCCCCCCCCCCCCCCCC(C)C)OC(=O)CCCCCCCCC(C)CC. The van der Waals surface area contributed by atoms with Crippen LogP contribution in [0.5, 0.6) is 0 Å². The molecule has 0 aliphatic rings. The zero-order valence-corrected chi connectivity index (χ0v) is 41.3. The second-order valence-corrected chi connectivity index (χ2v) is 19.5. The van der Waals surface area contributed by atoms with Crippen molar-refractivity contribution in [2.45, 2.75) is 298 Å². The van der Waals surface area contributed by atoms with E-state index in [0.717, 1.165) is 75.5 Å². The molecule has 0 spiro atoms. The topological polar surface area (TPSA) is 78.9 Å². The highest BCUT2D eigenvalue weighted by molar-refractivity contribution is 5.71. The summed E-state index contributed by atoms with van der Waals surface area (Å²) in [6.45, 7) is 13.7. The Bertz CT molecular complexity index is 933. The van der Waals surface area contributed by atoms with E-state index in [1.807, 2.05) is 0 Å². The molecule has 0 aliphatic heterocycles. The molecule has 6 nitrogen and oxygen atoms in total. The minimum absolute atomic E-state index is 0.0653. The first kappa shape index (κ1) is 58.4. The second kappa shape index (κ2) is 45.4. The Morgan fingerprint density at radius 2 is 0.583 bits per heavy atom. The molecular formula is C54H104O6. The second-order valence-electron chi connectivity index (χ2n) is 19.5. The lowest BCUT2D eigenvalue weighted by Crippen LogP contribution is -2.30. The van der Waals surface area contributed by atoms with E-state index in [0.29, 0.717) is 19.3 Å². The van der Waals surface area contributed by atoms with Gasteiger partial charge < -0.3 is 14.2 Å². The van der Waals surface area contributed by atoms with Crippen LogP contribution in [0.4, 0.5) is 0 Å². The highest BCUT2D eigenvalue weighted by atomic mass is 16.6. The molecule has 0 bridgehead atoms. The van der Waals surface area contributed by atoms with Crippen LogP contribution in [0.1, 0.15) is 292 Å². The van der Waals surface area contributed by atoms with E-state index in [1.54, 1.807) is 0 Å². The summed E-state index contributed by atoms with van der Waals surface area (Å²) in [7, 11) is 0. The number of carbonyl (C=O) groups excluding carboxylic acids is 3.